The first-order chi connectivity index (χ1) is 10.1. The fourth-order valence-corrected chi connectivity index (χ4v) is 2.70. The van der Waals surface area contributed by atoms with Crippen LogP contribution in [0.25, 0.3) is 11.5 Å². The maximum atomic E-state index is 11.3. The Labute approximate surface area is 121 Å². The summed E-state index contributed by atoms with van der Waals surface area (Å²) in [7, 11) is 0. The number of carbonyl (C=O) groups is 1. The van der Waals surface area contributed by atoms with Gasteiger partial charge in [-0.1, -0.05) is 18.1 Å². The maximum absolute atomic E-state index is 11.3. The average molecular weight is 288 g/mol. The van der Waals surface area contributed by atoms with Crippen LogP contribution in [0.5, 0.6) is 0 Å². The lowest BCUT2D eigenvalue weighted by Crippen LogP contribution is -2.38. The Bertz CT molecular complexity index is 628. The zero-order valence-corrected chi connectivity index (χ0v) is 11.6. The van der Waals surface area contributed by atoms with Crippen LogP contribution in [0.4, 0.5) is 0 Å². The van der Waals surface area contributed by atoms with Gasteiger partial charge in [0.25, 0.3) is 0 Å². The second-order valence-electron chi connectivity index (χ2n) is 5.25. The molecule has 110 valence electrons. The molecule has 3 rings (SSSR count). The van der Waals surface area contributed by atoms with Gasteiger partial charge in [0.1, 0.15) is 11.7 Å². The lowest BCUT2D eigenvalue weighted by atomic mass is 10.0. The van der Waals surface area contributed by atoms with Crippen molar-refractivity contribution in [2.75, 3.05) is 6.54 Å². The predicted octanol–water partition coefficient (Wildman–Crippen LogP) is 1.43. The number of hydrogen-bond acceptors (Lipinski definition) is 6. The van der Waals surface area contributed by atoms with Crippen molar-refractivity contribution in [3.05, 3.63) is 30.3 Å². The maximum Gasteiger partial charge on any atom is 0.321 e. The molecule has 0 spiro atoms. The Hall–Kier alpha value is -2.28. The van der Waals surface area contributed by atoms with Gasteiger partial charge in [0.05, 0.1) is 6.54 Å². The van der Waals surface area contributed by atoms with Crippen molar-refractivity contribution >= 4 is 5.97 Å². The second kappa shape index (κ2) is 5.61. The van der Waals surface area contributed by atoms with Crippen molar-refractivity contribution in [3.8, 4) is 11.5 Å². The number of hydrogen-bond donors (Lipinski definition) is 1. The van der Waals surface area contributed by atoms with Crippen LogP contribution in [0.3, 0.4) is 0 Å². The molecule has 1 N–H and O–H groups in total. The summed E-state index contributed by atoms with van der Waals surface area (Å²) in [5.41, 5.74) is 0.636. The number of carboxylic acids is 1. The fraction of sp³-hybridized carbons (Fsp3) is 0.429. The quantitative estimate of drug-likeness (QED) is 0.909. The number of aromatic nitrogens is 3. The molecule has 0 radical (unpaired) electrons. The molecule has 7 nitrogen and oxygen atoms in total. The first-order valence-electron chi connectivity index (χ1n) is 6.86. The second-order valence-corrected chi connectivity index (χ2v) is 5.25. The van der Waals surface area contributed by atoms with Gasteiger partial charge < -0.3 is 9.63 Å². The normalized spacial score (nSPS) is 22.5. The molecular weight excluding hydrogens is 272 g/mol. The molecule has 1 saturated heterocycles. The van der Waals surface area contributed by atoms with Gasteiger partial charge in [-0.2, -0.15) is 4.98 Å². The van der Waals surface area contributed by atoms with E-state index in [2.05, 4.69) is 15.1 Å². The lowest BCUT2D eigenvalue weighted by Gasteiger charge is -2.20. The van der Waals surface area contributed by atoms with Crippen LogP contribution in [0.2, 0.25) is 0 Å². The van der Waals surface area contributed by atoms with Gasteiger partial charge in [0.2, 0.25) is 11.7 Å². The Kier molecular flexibility index (Phi) is 3.66. The zero-order valence-electron chi connectivity index (χ0n) is 11.6. The lowest BCUT2D eigenvalue weighted by molar-refractivity contribution is -0.143. The highest BCUT2D eigenvalue weighted by Gasteiger charge is 2.37. The summed E-state index contributed by atoms with van der Waals surface area (Å²) in [6, 6.07) is 4.97. The summed E-state index contributed by atoms with van der Waals surface area (Å²) in [5, 5.41) is 13.2. The van der Waals surface area contributed by atoms with E-state index in [1.165, 1.54) is 0 Å². The Morgan fingerprint density at radius 3 is 3.10 bits per heavy atom. The number of rotatable bonds is 4. The molecule has 0 amide bonds. The van der Waals surface area contributed by atoms with Gasteiger partial charge in [0.15, 0.2) is 0 Å². The van der Waals surface area contributed by atoms with Crippen molar-refractivity contribution in [1.82, 2.24) is 20.0 Å². The van der Waals surface area contributed by atoms with Crippen LogP contribution in [0.1, 0.15) is 19.2 Å². The topological polar surface area (TPSA) is 92.4 Å². The molecule has 21 heavy (non-hydrogen) atoms. The van der Waals surface area contributed by atoms with Crippen LogP contribution in [-0.2, 0) is 11.3 Å². The van der Waals surface area contributed by atoms with E-state index < -0.39 is 12.0 Å². The van der Waals surface area contributed by atoms with E-state index in [0.717, 1.165) is 13.0 Å². The van der Waals surface area contributed by atoms with E-state index in [0.29, 0.717) is 24.0 Å². The highest BCUT2D eigenvalue weighted by Crippen LogP contribution is 2.26. The van der Waals surface area contributed by atoms with Gasteiger partial charge in [-0.15, -0.1) is 0 Å². The van der Waals surface area contributed by atoms with E-state index in [1.54, 1.807) is 12.3 Å². The third-order valence-electron chi connectivity index (χ3n) is 3.76. The molecule has 2 aromatic rings. The Morgan fingerprint density at radius 1 is 1.52 bits per heavy atom. The molecule has 2 atom stereocenters. The van der Waals surface area contributed by atoms with Crippen LogP contribution >= 0.6 is 0 Å². The monoisotopic (exact) mass is 288 g/mol. The van der Waals surface area contributed by atoms with Crippen molar-refractivity contribution < 1.29 is 14.4 Å². The predicted molar refractivity (Wildman–Crippen MR) is 73.1 cm³/mol. The SMILES string of the molecule is CC1CCN(Cc2nc(-c3ccccn3)no2)C1C(=O)O. The highest BCUT2D eigenvalue weighted by atomic mass is 16.5. The van der Waals surface area contributed by atoms with Gasteiger partial charge in [-0.05, 0) is 31.0 Å². The van der Waals surface area contributed by atoms with Gasteiger partial charge in [-0.25, -0.2) is 0 Å². The van der Waals surface area contributed by atoms with Crippen molar-refractivity contribution in [2.45, 2.75) is 25.9 Å². The van der Waals surface area contributed by atoms with Crippen LogP contribution in [0.15, 0.2) is 28.9 Å². The molecule has 3 heterocycles. The third kappa shape index (κ3) is 2.78. The smallest absolute Gasteiger partial charge is 0.321 e. The summed E-state index contributed by atoms with van der Waals surface area (Å²) >= 11 is 0. The summed E-state index contributed by atoms with van der Waals surface area (Å²) in [5.74, 6) is 0.158. The van der Waals surface area contributed by atoms with Crippen molar-refractivity contribution in [1.29, 1.82) is 0 Å². The molecule has 2 unspecified atom stereocenters. The number of likely N-dealkylation sites (tertiary alicyclic amines) is 1. The average Bonchev–Trinajstić information content (AvgIpc) is 3.07. The molecule has 0 aromatic carbocycles. The molecule has 2 aromatic heterocycles. The molecule has 0 aliphatic carbocycles. The van der Waals surface area contributed by atoms with E-state index >= 15 is 0 Å². The summed E-state index contributed by atoms with van der Waals surface area (Å²) in [6.45, 7) is 3.02. The number of carboxylic acid groups (broad SMARTS) is 1. The highest BCUT2D eigenvalue weighted by molar-refractivity contribution is 5.74. The molecule has 0 saturated carbocycles. The van der Waals surface area contributed by atoms with E-state index in [9.17, 15) is 9.90 Å². The zero-order chi connectivity index (χ0) is 14.8. The summed E-state index contributed by atoms with van der Waals surface area (Å²) in [4.78, 5) is 21.6. The van der Waals surface area contributed by atoms with Gasteiger partial charge in [-0.3, -0.25) is 14.7 Å². The van der Waals surface area contributed by atoms with Crippen LogP contribution < -0.4 is 0 Å². The molecule has 1 aliphatic rings. The fourth-order valence-electron chi connectivity index (χ4n) is 2.70. The summed E-state index contributed by atoms with van der Waals surface area (Å²) in [6.07, 6.45) is 2.52. The summed E-state index contributed by atoms with van der Waals surface area (Å²) < 4.78 is 5.21. The first-order valence-corrected chi connectivity index (χ1v) is 6.86. The van der Waals surface area contributed by atoms with Crippen LogP contribution in [0, 0.1) is 5.92 Å². The van der Waals surface area contributed by atoms with E-state index in [-0.39, 0.29) is 5.92 Å². The molecule has 1 aliphatic heterocycles. The molecule has 0 bridgehead atoms. The van der Waals surface area contributed by atoms with Gasteiger partial charge in [0, 0.05) is 6.20 Å². The first kappa shape index (κ1) is 13.7. The number of aliphatic carboxylic acids is 1. The van der Waals surface area contributed by atoms with Crippen LogP contribution in [-0.4, -0.2) is 43.7 Å². The van der Waals surface area contributed by atoms with Crippen molar-refractivity contribution in [2.24, 2.45) is 5.92 Å². The van der Waals surface area contributed by atoms with Crippen molar-refractivity contribution in [3.63, 3.8) is 0 Å². The molecule has 1 fully saturated rings. The van der Waals surface area contributed by atoms with Gasteiger partial charge >= 0.3 is 5.97 Å². The Balaban J connectivity index is 1.74. The van der Waals surface area contributed by atoms with E-state index in [4.69, 9.17) is 4.52 Å². The minimum atomic E-state index is -0.801. The minimum absolute atomic E-state index is 0.126. The molecular formula is C14H16N4O3. The van der Waals surface area contributed by atoms with E-state index in [1.807, 2.05) is 24.0 Å². The number of nitrogens with zero attached hydrogens (tertiary/aromatic N) is 4. The minimum Gasteiger partial charge on any atom is -0.480 e. The largest absolute Gasteiger partial charge is 0.480 e. The third-order valence-corrected chi connectivity index (χ3v) is 3.76. The Morgan fingerprint density at radius 2 is 2.38 bits per heavy atom. The standard InChI is InChI=1S/C14H16N4O3/c1-9-5-7-18(12(9)14(19)20)8-11-16-13(17-21-11)10-4-2-3-6-15-10/h2-4,6,9,12H,5,7-8H2,1H3,(H,19,20). The molecule has 7 heteroatoms. The number of pyridine rings is 1.